The molecular formula is C23H15FN2O5S. The van der Waals surface area contributed by atoms with Crippen LogP contribution in [0.4, 0.5) is 9.52 Å². The maximum absolute atomic E-state index is 13.6. The maximum Gasteiger partial charge on any atom is 0.350 e. The Morgan fingerprint density at radius 3 is 2.59 bits per heavy atom. The molecule has 2 aromatic carbocycles. The highest BCUT2D eigenvalue weighted by Gasteiger charge is 2.45. The van der Waals surface area contributed by atoms with E-state index in [0.29, 0.717) is 16.6 Å². The minimum Gasteiger partial charge on any atom is -0.465 e. The molecule has 1 aliphatic rings. The van der Waals surface area contributed by atoms with Crippen LogP contribution in [-0.2, 0) is 4.74 Å². The molecule has 0 fully saturated rings. The number of halogens is 1. The van der Waals surface area contributed by atoms with E-state index in [4.69, 9.17) is 9.15 Å². The van der Waals surface area contributed by atoms with Gasteiger partial charge in [-0.2, -0.15) is 0 Å². The topological polar surface area (TPSA) is 89.7 Å². The Morgan fingerprint density at radius 1 is 1.16 bits per heavy atom. The molecule has 0 radical (unpaired) electrons. The van der Waals surface area contributed by atoms with E-state index in [-0.39, 0.29) is 32.3 Å². The van der Waals surface area contributed by atoms with Gasteiger partial charge in [0.05, 0.1) is 29.8 Å². The summed E-state index contributed by atoms with van der Waals surface area (Å²) in [5.74, 6) is -1.69. The van der Waals surface area contributed by atoms with Gasteiger partial charge in [-0.15, -0.1) is 0 Å². The van der Waals surface area contributed by atoms with Crippen LogP contribution in [0, 0.1) is 12.7 Å². The molecule has 0 bridgehead atoms. The van der Waals surface area contributed by atoms with Crippen molar-refractivity contribution in [3.8, 4) is 0 Å². The molecule has 0 aliphatic carbocycles. The first-order valence-electron chi connectivity index (χ1n) is 9.61. The number of thiazole rings is 1. The van der Waals surface area contributed by atoms with Crippen LogP contribution < -0.4 is 10.3 Å². The lowest BCUT2D eigenvalue weighted by molar-refractivity contribution is 0.0605. The quantitative estimate of drug-likeness (QED) is 0.434. The summed E-state index contributed by atoms with van der Waals surface area (Å²) in [4.78, 5) is 44.9. The fourth-order valence-corrected chi connectivity index (χ4v) is 4.86. The predicted octanol–water partition coefficient (Wildman–Crippen LogP) is 4.23. The van der Waals surface area contributed by atoms with E-state index in [1.165, 1.54) is 36.3 Å². The number of aromatic nitrogens is 1. The van der Waals surface area contributed by atoms with Gasteiger partial charge >= 0.3 is 5.97 Å². The van der Waals surface area contributed by atoms with Crippen molar-refractivity contribution in [3.63, 3.8) is 0 Å². The number of carbonyl (C=O) groups is 2. The van der Waals surface area contributed by atoms with Crippen molar-refractivity contribution in [1.29, 1.82) is 0 Å². The van der Waals surface area contributed by atoms with Gasteiger partial charge in [-0.3, -0.25) is 14.5 Å². The molecule has 2 aromatic heterocycles. The third-order valence-electron chi connectivity index (χ3n) is 5.33. The van der Waals surface area contributed by atoms with Crippen molar-refractivity contribution in [2.75, 3.05) is 12.0 Å². The van der Waals surface area contributed by atoms with E-state index in [1.807, 2.05) is 0 Å². The second-order valence-electron chi connectivity index (χ2n) is 7.20. The zero-order chi connectivity index (χ0) is 22.6. The fraction of sp³-hybridized carbons (Fsp3) is 0.130. The molecule has 0 saturated heterocycles. The predicted molar refractivity (Wildman–Crippen MR) is 116 cm³/mol. The molecule has 3 heterocycles. The fourth-order valence-electron chi connectivity index (χ4n) is 3.84. The van der Waals surface area contributed by atoms with E-state index in [1.54, 1.807) is 31.2 Å². The van der Waals surface area contributed by atoms with Gasteiger partial charge in [0.15, 0.2) is 10.6 Å². The minimum absolute atomic E-state index is 0.101. The number of hydrogen-bond acceptors (Lipinski definition) is 7. The number of aryl methyl sites for hydroxylation is 1. The van der Waals surface area contributed by atoms with Gasteiger partial charge in [-0.1, -0.05) is 35.6 Å². The molecule has 0 N–H and O–H groups in total. The summed E-state index contributed by atoms with van der Waals surface area (Å²) >= 11 is 0.977. The van der Waals surface area contributed by atoms with E-state index in [0.717, 1.165) is 11.3 Å². The number of amides is 1. The normalized spacial score (nSPS) is 15.3. The molecule has 9 heteroatoms. The van der Waals surface area contributed by atoms with Crippen LogP contribution in [0.15, 0.2) is 57.7 Å². The van der Waals surface area contributed by atoms with Gasteiger partial charge in [-0.05, 0) is 36.8 Å². The molecule has 0 unspecified atom stereocenters. The van der Waals surface area contributed by atoms with Crippen molar-refractivity contribution in [2.45, 2.75) is 13.0 Å². The summed E-state index contributed by atoms with van der Waals surface area (Å²) in [5, 5.41) is 0.538. The smallest absolute Gasteiger partial charge is 0.350 e. The van der Waals surface area contributed by atoms with E-state index >= 15 is 0 Å². The molecule has 4 aromatic rings. The summed E-state index contributed by atoms with van der Waals surface area (Å²) in [7, 11) is 1.26. The van der Waals surface area contributed by atoms with Crippen molar-refractivity contribution < 1.29 is 23.1 Å². The number of benzene rings is 2. The summed E-state index contributed by atoms with van der Waals surface area (Å²) in [6.07, 6.45) is 0. The summed E-state index contributed by atoms with van der Waals surface area (Å²) in [6, 6.07) is 11.3. The SMILES string of the molecule is COC(=O)c1sc(N2C(=O)c3oc4ccccc4c(=O)c3[C@@H]2c2ccc(F)cc2)nc1C. The number of fused-ring (bicyclic) bond motifs is 2. The number of ether oxygens (including phenoxy) is 1. The Kier molecular flexibility index (Phi) is 4.63. The van der Waals surface area contributed by atoms with E-state index in [9.17, 15) is 18.8 Å². The lowest BCUT2D eigenvalue weighted by Crippen LogP contribution is -2.29. The van der Waals surface area contributed by atoms with Crippen LogP contribution in [-0.4, -0.2) is 24.0 Å². The Morgan fingerprint density at radius 2 is 1.88 bits per heavy atom. The average molecular weight is 450 g/mol. The Hall–Kier alpha value is -3.85. The van der Waals surface area contributed by atoms with Crippen LogP contribution in [0.3, 0.4) is 0 Å². The summed E-state index contributed by atoms with van der Waals surface area (Å²) in [6.45, 7) is 1.63. The van der Waals surface area contributed by atoms with Gasteiger partial charge in [0.2, 0.25) is 5.76 Å². The van der Waals surface area contributed by atoms with Crippen LogP contribution in [0.1, 0.15) is 43.1 Å². The highest BCUT2D eigenvalue weighted by Crippen LogP contribution is 2.43. The first-order chi connectivity index (χ1) is 15.4. The van der Waals surface area contributed by atoms with E-state index < -0.39 is 23.7 Å². The van der Waals surface area contributed by atoms with Crippen molar-refractivity contribution in [3.05, 3.63) is 92.0 Å². The second-order valence-corrected chi connectivity index (χ2v) is 8.18. The van der Waals surface area contributed by atoms with Crippen molar-refractivity contribution in [1.82, 2.24) is 4.98 Å². The number of hydrogen-bond donors (Lipinski definition) is 0. The summed E-state index contributed by atoms with van der Waals surface area (Å²) < 4.78 is 24.3. The van der Waals surface area contributed by atoms with Gasteiger partial charge in [-0.25, -0.2) is 14.2 Å². The maximum atomic E-state index is 13.6. The first kappa shape index (κ1) is 20.1. The molecule has 1 aliphatic heterocycles. The Labute approximate surface area is 184 Å². The molecule has 160 valence electrons. The zero-order valence-corrected chi connectivity index (χ0v) is 17.7. The largest absolute Gasteiger partial charge is 0.465 e. The number of nitrogens with zero attached hydrogens (tertiary/aromatic N) is 2. The van der Waals surface area contributed by atoms with Crippen LogP contribution in [0.5, 0.6) is 0 Å². The number of rotatable bonds is 3. The molecule has 5 rings (SSSR count). The number of carbonyl (C=O) groups excluding carboxylic acids is 2. The average Bonchev–Trinajstić information content (AvgIpc) is 3.31. The van der Waals surface area contributed by atoms with Gasteiger partial charge in [0.1, 0.15) is 16.3 Å². The summed E-state index contributed by atoms with van der Waals surface area (Å²) in [5.41, 5.74) is 0.979. The second kappa shape index (κ2) is 7.38. The molecule has 1 amide bonds. The van der Waals surface area contributed by atoms with Gasteiger partial charge in [0, 0.05) is 0 Å². The molecular weight excluding hydrogens is 435 g/mol. The molecule has 0 spiro atoms. The lowest BCUT2D eigenvalue weighted by Gasteiger charge is -2.22. The number of methoxy groups -OCH3 is 1. The molecule has 0 saturated carbocycles. The third-order valence-corrected chi connectivity index (χ3v) is 6.46. The molecule has 1 atom stereocenters. The molecule has 32 heavy (non-hydrogen) atoms. The van der Waals surface area contributed by atoms with Gasteiger partial charge in [0.25, 0.3) is 5.91 Å². The Bertz CT molecular complexity index is 1460. The highest BCUT2D eigenvalue weighted by atomic mass is 32.1. The minimum atomic E-state index is -0.894. The van der Waals surface area contributed by atoms with Gasteiger partial charge < -0.3 is 9.15 Å². The van der Waals surface area contributed by atoms with Crippen molar-refractivity contribution >= 4 is 39.3 Å². The first-order valence-corrected chi connectivity index (χ1v) is 10.4. The highest BCUT2D eigenvalue weighted by molar-refractivity contribution is 7.17. The van der Waals surface area contributed by atoms with Crippen LogP contribution >= 0.6 is 11.3 Å². The Balaban J connectivity index is 1.78. The van der Waals surface area contributed by atoms with Crippen LogP contribution in [0.2, 0.25) is 0 Å². The van der Waals surface area contributed by atoms with Crippen LogP contribution in [0.25, 0.3) is 11.0 Å². The zero-order valence-electron chi connectivity index (χ0n) is 16.9. The van der Waals surface area contributed by atoms with Crippen molar-refractivity contribution in [2.24, 2.45) is 0 Å². The molecule has 7 nitrogen and oxygen atoms in total. The number of para-hydroxylation sites is 1. The lowest BCUT2D eigenvalue weighted by atomic mass is 9.99. The number of anilines is 1. The standard InChI is InChI=1S/C23H15FN2O5S/c1-11-20(22(29)30-2)32-23(25-11)26-17(12-7-9-13(24)10-8-12)16-18(27)14-5-3-4-6-15(14)31-19(16)21(26)28/h3-10,17H,1-2H3/t17-/m0/s1. The third kappa shape index (κ3) is 2.93. The van der Waals surface area contributed by atoms with E-state index in [2.05, 4.69) is 4.98 Å². The monoisotopic (exact) mass is 450 g/mol. The number of esters is 1.